The molecule has 0 atom stereocenters. The predicted octanol–water partition coefficient (Wildman–Crippen LogP) is 4.71. The van der Waals surface area contributed by atoms with Gasteiger partial charge in [0.05, 0.1) is 22.7 Å². The second-order valence-electron chi connectivity index (χ2n) is 6.73. The number of aromatic amines is 2. The third-order valence-corrected chi connectivity index (χ3v) is 4.57. The van der Waals surface area contributed by atoms with Gasteiger partial charge in [-0.2, -0.15) is 5.10 Å². The topological polar surface area (TPSA) is 98.5 Å². The van der Waals surface area contributed by atoms with Gasteiger partial charge in [0, 0.05) is 28.4 Å². The molecule has 9 heteroatoms. The zero-order valence-electron chi connectivity index (χ0n) is 15.3. The van der Waals surface area contributed by atoms with Crippen molar-refractivity contribution in [2.75, 3.05) is 10.6 Å². The van der Waals surface area contributed by atoms with Gasteiger partial charge >= 0.3 is 0 Å². The SMILES string of the molecule is O=C(Nc1ccc2cn[nH]c2c1)c1ccc2nc(Nc3cc(F)cc(F)c3)[nH]c2c1. The molecule has 4 N–H and O–H groups in total. The van der Waals surface area contributed by atoms with Gasteiger partial charge < -0.3 is 15.6 Å². The minimum Gasteiger partial charge on any atom is -0.326 e. The fourth-order valence-corrected chi connectivity index (χ4v) is 3.19. The Morgan fingerprint density at radius 2 is 1.73 bits per heavy atom. The molecule has 0 saturated carbocycles. The molecule has 0 bridgehead atoms. The Balaban J connectivity index is 1.38. The van der Waals surface area contributed by atoms with Crippen LogP contribution in [0.1, 0.15) is 10.4 Å². The van der Waals surface area contributed by atoms with E-state index < -0.39 is 11.6 Å². The number of hydrogen-bond donors (Lipinski definition) is 4. The summed E-state index contributed by atoms with van der Waals surface area (Å²) in [6, 6.07) is 13.6. The van der Waals surface area contributed by atoms with Crippen molar-refractivity contribution in [3.8, 4) is 0 Å². The van der Waals surface area contributed by atoms with Crippen LogP contribution in [0.25, 0.3) is 21.9 Å². The van der Waals surface area contributed by atoms with Gasteiger partial charge in [0.1, 0.15) is 11.6 Å². The number of anilines is 3. The van der Waals surface area contributed by atoms with E-state index in [-0.39, 0.29) is 11.6 Å². The number of rotatable bonds is 4. The summed E-state index contributed by atoms with van der Waals surface area (Å²) in [5, 5.41) is 13.4. The Labute approximate surface area is 168 Å². The molecule has 148 valence electrons. The molecule has 30 heavy (non-hydrogen) atoms. The maximum atomic E-state index is 13.4. The average molecular weight is 404 g/mol. The first-order valence-electron chi connectivity index (χ1n) is 9.01. The van der Waals surface area contributed by atoms with E-state index in [1.807, 2.05) is 6.07 Å². The molecule has 5 rings (SSSR count). The summed E-state index contributed by atoms with van der Waals surface area (Å²) in [5.74, 6) is -1.37. The van der Waals surface area contributed by atoms with Gasteiger partial charge in [-0.3, -0.25) is 9.89 Å². The van der Waals surface area contributed by atoms with Crippen LogP contribution >= 0.6 is 0 Å². The van der Waals surface area contributed by atoms with Crippen LogP contribution in [-0.2, 0) is 0 Å². The van der Waals surface area contributed by atoms with Crippen molar-refractivity contribution in [1.82, 2.24) is 20.2 Å². The lowest BCUT2D eigenvalue weighted by Gasteiger charge is -2.05. The minimum atomic E-state index is -0.694. The molecule has 0 saturated heterocycles. The number of hydrogen-bond acceptors (Lipinski definition) is 4. The molecular formula is C21H14F2N6O. The fraction of sp³-hybridized carbons (Fsp3) is 0. The maximum absolute atomic E-state index is 13.4. The van der Waals surface area contributed by atoms with E-state index >= 15 is 0 Å². The number of carbonyl (C=O) groups excluding carboxylic acids is 1. The smallest absolute Gasteiger partial charge is 0.255 e. The Hall–Kier alpha value is -4.27. The molecule has 2 heterocycles. The summed E-state index contributed by atoms with van der Waals surface area (Å²) in [6.07, 6.45) is 1.71. The van der Waals surface area contributed by atoms with Crippen LogP contribution in [0.5, 0.6) is 0 Å². The van der Waals surface area contributed by atoms with Crippen molar-refractivity contribution in [2.45, 2.75) is 0 Å². The van der Waals surface area contributed by atoms with Gasteiger partial charge in [-0.25, -0.2) is 13.8 Å². The third-order valence-electron chi connectivity index (χ3n) is 4.57. The van der Waals surface area contributed by atoms with Crippen LogP contribution in [-0.4, -0.2) is 26.1 Å². The fourth-order valence-electron chi connectivity index (χ4n) is 3.19. The first-order chi connectivity index (χ1) is 14.5. The Morgan fingerprint density at radius 1 is 0.900 bits per heavy atom. The molecule has 0 aliphatic heterocycles. The molecular weight excluding hydrogens is 390 g/mol. The number of aromatic nitrogens is 4. The highest BCUT2D eigenvalue weighted by Crippen LogP contribution is 2.22. The number of benzene rings is 3. The molecule has 0 aliphatic carbocycles. The maximum Gasteiger partial charge on any atom is 0.255 e. The highest BCUT2D eigenvalue weighted by atomic mass is 19.1. The number of fused-ring (bicyclic) bond motifs is 2. The molecule has 0 fully saturated rings. The molecule has 0 unspecified atom stereocenters. The van der Waals surface area contributed by atoms with E-state index in [1.54, 1.807) is 36.5 Å². The first kappa shape index (κ1) is 17.8. The van der Waals surface area contributed by atoms with Crippen LogP contribution in [0.15, 0.2) is 60.8 Å². The summed E-state index contributed by atoms with van der Waals surface area (Å²) >= 11 is 0. The lowest BCUT2D eigenvalue weighted by molar-refractivity contribution is 0.102. The molecule has 7 nitrogen and oxygen atoms in total. The zero-order chi connectivity index (χ0) is 20.7. The molecule has 0 aliphatic rings. The number of amides is 1. The predicted molar refractivity (Wildman–Crippen MR) is 110 cm³/mol. The summed E-state index contributed by atoms with van der Waals surface area (Å²) in [4.78, 5) is 20.0. The molecule has 5 aromatic rings. The van der Waals surface area contributed by atoms with E-state index in [2.05, 4.69) is 30.8 Å². The van der Waals surface area contributed by atoms with Crippen molar-refractivity contribution in [3.05, 3.63) is 78.0 Å². The van der Waals surface area contributed by atoms with E-state index in [4.69, 9.17) is 0 Å². The highest BCUT2D eigenvalue weighted by molar-refractivity contribution is 6.06. The number of imidazole rings is 1. The minimum absolute atomic E-state index is 0.221. The largest absolute Gasteiger partial charge is 0.326 e. The lowest BCUT2D eigenvalue weighted by Crippen LogP contribution is -2.11. The van der Waals surface area contributed by atoms with Gasteiger partial charge in [-0.1, -0.05) is 0 Å². The van der Waals surface area contributed by atoms with Gasteiger partial charge in [-0.05, 0) is 48.5 Å². The first-order valence-corrected chi connectivity index (χ1v) is 9.01. The van der Waals surface area contributed by atoms with Gasteiger partial charge in [0.25, 0.3) is 5.91 Å². The molecule has 0 spiro atoms. The number of halogens is 2. The molecule has 0 radical (unpaired) electrons. The van der Waals surface area contributed by atoms with Gasteiger partial charge in [0.15, 0.2) is 0 Å². The monoisotopic (exact) mass is 404 g/mol. The van der Waals surface area contributed by atoms with Crippen LogP contribution in [0.4, 0.5) is 26.1 Å². The van der Waals surface area contributed by atoms with E-state index in [0.29, 0.717) is 28.2 Å². The van der Waals surface area contributed by atoms with E-state index in [9.17, 15) is 13.6 Å². The van der Waals surface area contributed by atoms with Crippen LogP contribution in [0.2, 0.25) is 0 Å². The Morgan fingerprint density at radius 3 is 2.57 bits per heavy atom. The zero-order valence-corrected chi connectivity index (χ0v) is 15.3. The number of H-pyrrole nitrogens is 2. The van der Waals surface area contributed by atoms with Crippen LogP contribution < -0.4 is 10.6 Å². The lowest BCUT2D eigenvalue weighted by atomic mass is 10.1. The molecule has 3 aromatic carbocycles. The average Bonchev–Trinajstić information content (AvgIpc) is 3.32. The standard InChI is InChI=1S/C21H14F2N6O/c22-13-6-14(23)8-16(7-13)26-21-27-17-4-2-11(5-19(17)28-21)20(30)25-15-3-1-12-10-24-29-18(12)9-15/h1-10H,(H,24,29)(H,25,30)(H2,26,27,28). The number of nitrogens with one attached hydrogen (secondary N) is 4. The molecule has 1 amide bonds. The quantitative estimate of drug-likeness (QED) is 0.349. The number of nitrogens with zero attached hydrogens (tertiary/aromatic N) is 2. The van der Waals surface area contributed by atoms with E-state index in [0.717, 1.165) is 29.1 Å². The summed E-state index contributed by atoms with van der Waals surface area (Å²) in [6.45, 7) is 0. The second kappa shape index (κ2) is 6.96. The molecule has 2 aromatic heterocycles. The normalized spacial score (nSPS) is 11.1. The summed E-state index contributed by atoms with van der Waals surface area (Å²) in [5.41, 5.74) is 3.31. The van der Waals surface area contributed by atoms with Gasteiger partial charge in [-0.15, -0.1) is 0 Å². The van der Waals surface area contributed by atoms with Crippen molar-refractivity contribution >= 4 is 45.2 Å². The second-order valence-corrected chi connectivity index (χ2v) is 6.73. The van der Waals surface area contributed by atoms with Crippen LogP contribution in [0, 0.1) is 11.6 Å². The highest BCUT2D eigenvalue weighted by Gasteiger charge is 2.11. The summed E-state index contributed by atoms with van der Waals surface area (Å²) < 4.78 is 26.7. The van der Waals surface area contributed by atoms with Crippen molar-refractivity contribution in [2.24, 2.45) is 0 Å². The Bertz CT molecular complexity index is 1390. The Kier molecular flexibility index (Phi) is 4.13. The van der Waals surface area contributed by atoms with Gasteiger partial charge in [0.2, 0.25) is 5.95 Å². The van der Waals surface area contributed by atoms with Crippen LogP contribution in [0.3, 0.4) is 0 Å². The van der Waals surface area contributed by atoms with Crippen molar-refractivity contribution in [3.63, 3.8) is 0 Å². The van der Waals surface area contributed by atoms with E-state index in [1.165, 1.54) is 0 Å². The van der Waals surface area contributed by atoms with Crippen molar-refractivity contribution < 1.29 is 13.6 Å². The van der Waals surface area contributed by atoms with Crippen molar-refractivity contribution in [1.29, 1.82) is 0 Å². The number of carbonyl (C=O) groups is 1. The third kappa shape index (κ3) is 3.44. The summed E-state index contributed by atoms with van der Waals surface area (Å²) in [7, 11) is 0.